The Kier molecular flexibility index (Phi) is 7.66. The smallest absolute Gasteiger partial charge is 0.408 e. The Labute approximate surface area is 115 Å². The molecular weight excluding hydrogens is 246 g/mol. The molecule has 0 saturated carbocycles. The number of nitrogens with one attached hydrogen (secondary N) is 1. The fourth-order valence-electron chi connectivity index (χ4n) is 1.18. The van der Waals surface area contributed by atoms with E-state index in [-0.39, 0.29) is 6.42 Å². The molecule has 19 heavy (non-hydrogen) atoms. The summed E-state index contributed by atoms with van der Waals surface area (Å²) in [5, 5.41) is 2.42. The van der Waals surface area contributed by atoms with E-state index in [1.807, 2.05) is 6.92 Å². The van der Waals surface area contributed by atoms with Gasteiger partial charge in [0.2, 0.25) is 0 Å². The molecule has 0 spiro atoms. The summed E-state index contributed by atoms with van der Waals surface area (Å²) in [5.41, 5.74) is -0.628. The maximum Gasteiger partial charge on any atom is 0.408 e. The zero-order valence-corrected chi connectivity index (χ0v) is 12.1. The van der Waals surface area contributed by atoms with Gasteiger partial charge in [0, 0.05) is 6.42 Å². The Morgan fingerprint density at radius 1 is 1.37 bits per heavy atom. The number of carbonyl (C=O) groups is 2. The van der Waals surface area contributed by atoms with Gasteiger partial charge in [-0.15, -0.1) is 12.3 Å². The molecule has 0 aromatic carbocycles. The van der Waals surface area contributed by atoms with Crippen LogP contribution in [-0.2, 0) is 14.3 Å². The molecule has 0 radical (unpaired) electrons. The van der Waals surface area contributed by atoms with Crippen molar-refractivity contribution in [1.29, 1.82) is 0 Å². The number of hydrogen-bond acceptors (Lipinski definition) is 4. The number of alkyl carbamates (subject to hydrolysis) is 1. The number of terminal acetylenes is 1. The third-order valence-corrected chi connectivity index (χ3v) is 2.04. The number of carbonyl (C=O) groups excluding carboxylic acids is 2. The van der Waals surface area contributed by atoms with E-state index >= 15 is 0 Å². The van der Waals surface area contributed by atoms with Crippen molar-refractivity contribution >= 4 is 12.1 Å². The minimum Gasteiger partial charge on any atom is -0.464 e. The van der Waals surface area contributed by atoms with Gasteiger partial charge < -0.3 is 14.8 Å². The van der Waals surface area contributed by atoms with Crippen LogP contribution in [0.2, 0.25) is 0 Å². The maximum absolute atomic E-state index is 11.7. The molecule has 0 aliphatic heterocycles. The number of ether oxygens (including phenoxy) is 2. The van der Waals surface area contributed by atoms with Gasteiger partial charge in [-0.25, -0.2) is 9.59 Å². The Morgan fingerprint density at radius 3 is 2.47 bits per heavy atom. The van der Waals surface area contributed by atoms with Gasteiger partial charge in [-0.1, -0.05) is 13.3 Å². The summed E-state index contributed by atoms with van der Waals surface area (Å²) in [4.78, 5) is 23.3. The van der Waals surface area contributed by atoms with E-state index in [4.69, 9.17) is 15.9 Å². The molecule has 108 valence electrons. The van der Waals surface area contributed by atoms with E-state index in [9.17, 15) is 9.59 Å². The Hall–Kier alpha value is -1.70. The second-order valence-electron chi connectivity index (χ2n) is 5.13. The zero-order valence-electron chi connectivity index (χ0n) is 12.1. The molecule has 0 aromatic heterocycles. The number of unbranched alkanes of at least 4 members (excludes halogenated alkanes) is 1. The average Bonchev–Trinajstić information content (AvgIpc) is 2.26. The minimum atomic E-state index is -0.864. The van der Waals surface area contributed by atoms with Crippen molar-refractivity contribution in [2.75, 3.05) is 6.61 Å². The van der Waals surface area contributed by atoms with E-state index in [1.165, 1.54) is 0 Å². The molecule has 0 heterocycles. The van der Waals surface area contributed by atoms with Crippen molar-refractivity contribution in [2.45, 2.75) is 58.6 Å². The second kappa shape index (κ2) is 8.41. The van der Waals surface area contributed by atoms with Crippen LogP contribution in [0.3, 0.4) is 0 Å². The summed E-state index contributed by atoms with van der Waals surface area (Å²) in [6.45, 7) is 7.53. The lowest BCUT2D eigenvalue weighted by molar-refractivity contribution is -0.146. The Morgan fingerprint density at radius 2 is 2.00 bits per heavy atom. The largest absolute Gasteiger partial charge is 0.464 e. The highest BCUT2D eigenvalue weighted by Crippen LogP contribution is 2.07. The topological polar surface area (TPSA) is 64.6 Å². The summed E-state index contributed by atoms with van der Waals surface area (Å²) in [6, 6.07) is -0.864. The SMILES string of the molecule is C#CCC(NC(=O)OC(C)(C)C)C(=O)OCCCC. The Bertz CT molecular complexity index is 338. The van der Waals surface area contributed by atoms with Gasteiger partial charge in [-0.05, 0) is 27.2 Å². The molecule has 0 aromatic rings. The molecule has 5 nitrogen and oxygen atoms in total. The number of esters is 1. The second-order valence-corrected chi connectivity index (χ2v) is 5.13. The highest BCUT2D eigenvalue weighted by Gasteiger charge is 2.24. The van der Waals surface area contributed by atoms with Crippen LogP contribution in [0.5, 0.6) is 0 Å². The van der Waals surface area contributed by atoms with Crippen molar-refractivity contribution in [2.24, 2.45) is 0 Å². The number of rotatable bonds is 6. The summed E-state index contributed by atoms with van der Waals surface area (Å²) in [7, 11) is 0. The van der Waals surface area contributed by atoms with Crippen molar-refractivity contribution in [3.8, 4) is 12.3 Å². The number of hydrogen-bond donors (Lipinski definition) is 1. The third kappa shape index (κ3) is 8.95. The average molecular weight is 269 g/mol. The summed E-state index contributed by atoms with van der Waals surface area (Å²) < 4.78 is 10.1. The molecular formula is C14H23NO4. The Balaban J connectivity index is 4.36. The van der Waals surface area contributed by atoms with Crippen LogP contribution in [0, 0.1) is 12.3 Å². The van der Waals surface area contributed by atoms with Crippen LogP contribution < -0.4 is 5.32 Å². The van der Waals surface area contributed by atoms with E-state index in [1.54, 1.807) is 20.8 Å². The highest BCUT2D eigenvalue weighted by molar-refractivity contribution is 5.81. The first kappa shape index (κ1) is 17.3. The van der Waals surface area contributed by atoms with Crippen molar-refractivity contribution in [3.05, 3.63) is 0 Å². The molecule has 0 aliphatic rings. The van der Waals surface area contributed by atoms with Gasteiger partial charge in [0.15, 0.2) is 0 Å². The van der Waals surface area contributed by atoms with Crippen LogP contribution in [0.15, 0.2) is 0 Å². The van der Waals surface area contributed by atoms with Gasteiger partial charge >= 0.3 is 12.1 Å². The zero-order chi connectivity index (χ0) is 14.9. The van der Waals surface area contributed by atoms with Crippen LogP contribution in [0.4, 0.5) is 4.79 Å². The fraction of sp³-hybridized carbons (Fsp3) is 0.714. The third-order valence-electron chi connectivity index (χ3n) is 2.04. The van der Waals surface area contributed by atoms with Crippen LogP contribution >= 0.6 is 0 Å². The minimum absolute atomic E-state index is 0.0736. The van der Waals surface area contributed by atoms with Crippen molar-refractivity contribution in [1.82, 2.24) is 5.32 Å². The van der Waals surface area contributed by atoms with Crippen LogP contribution in [0.1, 0.15) is 47.0 Å². The van der Waals surface area contributed by atoms with Gasteiger partial charge in [0.05, 0.1) is 6.61 Å². The van der Waals surface area contributed by atoms with Crippen LogP contribution in [0.25, 0.3) is 0 Å². The summed E-state index contributed by atoms with van der Waals surface area (Å²) in [5.74, 6) is 1.81. The van der Waals surface area contributed by atoms with Crippen LogP contribution in [-0.4, -0.2) is 30.3 Å². The first-order chi connectivity index (χ1) is 8.80. The van der Waals surface area contributed by atoms with Crippen molar-refractivity contribution in [3.63, 3.8) is 0 Å². The van der Waals surface area contributed by atoms with E-state index in [0.717, 1.165) is 12.8 Å². The molecule has 1 amide bonds. The lowest BCUT2D eigenvalue weighted by Gasteiger charge is -2.22. The van der Waals surface area contributed by atoms with Crippen molar-refractivity contribution < 1.29 is 19.1 Å². The molecule has 1 unspecified atom stereocenters. The van der Waals surface area contributed by atoms with E-state index < -0.39 is 23.7 Å². The maximum atomic E-state index is 11.7. The predicted molar refractivity (Wildman–Crippen MR) is 72.5 cm³/mol. The normalized spacial score (nSPS) is 12.2. The standard InChI is InChI=1S/C14H23NO4/c1-6-8-10-18-12(16)11(9-7-2)15-13(17)19-14(3,4)5/h2,11H,6,8-10H2,1,3-5H3,(H,15,17). The molecule has 0 saturated heterocycles. The number of amides is 1. The molecule has 0 rings (SSSR count). The molecule has 1 atom stereocenters. The predicted octanol–water partition coefficient (Wildman–Crippen LogP) is 2.25. The molecule has 5 heteroatoms. The first-order valence-corrected chi connectivity index (χ1v) is 6.39. The highest BCUT2D eigenvalue weighted by atomic mass is 16.6. The molecule has 1 N–H and O–H groups in total. The quantitative estimate of drug-likeness (QED) is 0.456. The summed E-state index contributed by atoms with van der Waals surface area (Å²) >= 11 is 0. The first-order valence-electron chi connectivity index (χ1n) is 6.39. The molecule has 0 aliphatic carbocycles. The lowest BCUT2D eigenvalue weighted by Crippen LogP contribution is -2.44. The fourth-order valence-corrected chi connectivity index (χ4v) is 1.18. The lowest BCUT2D eigenvalue weighted by atomic mass is 10.2. The van der Waals surface area contributed by atoms with Gasteiger partial charge in [0.1, 0.15) is 11.6 Å². The molecule has 0 bridgehead atoms. The van der Waals surface area contributed by atoms with E-state index in [2.05, 4.69) is 11.2 Å². The molecule has 0 fully saturated rings. The summed E-state index contributed by atoms with van der Waals surface area (Å²) in [6.07, 6.45) is 6.27. The van der Waals surface area contributed by atoms with Gasteiger partial charge in [-0.2, -0.15) is 0 Å². The monoisotopic (exact) mass is 269 g/mol. The van der Waals surface area contributed by atoms with E-state index in [0.29, 0.717) is 6.61 Å². The van der Waals surface area contributed by atoms with Gasteiger partial charge in [-0.3, -0.25) is 0 Å². The van der Waals surface area contributed by atoms with Gasteiger partial charge in [0.25, 0.3) is 0 Å².